The summed E-state index contributed by atoms with van der Waals surface area (Å²) in [5.41, 5.74) is 1.93. The Morgan fingerprint density at radius 3 is 2.64 bits per heavy atom. The summed E-state index contributed by atoms with van der Waals surface area (Å²) in [6, 6.07) is 13.4. The molecule has 2 aliphatic heterocycles. The van der Waals surface area contributed by atoms with Crippen LogP contribution in [-0.2, 0) is 11.3 Å². The summed E-state index contributed by atoms with van der Waals surface area (Å²) in [7, 11) is 0. The minimum atomic E-state index is -0.108. The van der Waals surface area contributed by atoms with Crippen molar-refractivity contribution in [3.8, 4) is 11.5 Å². The van der Waals surface area contributed by atoms with Gasteiger partial charge in [-0.05, 0) is 37.3 Å². The molecule has 0 bridgehead atoms. The molecular weight excluding hydrogens is 378 g/mol. The Bertz CT molecular complexity index is 853. The summed E-state index contributed by atoms with van der Waals surface area (Å²) >= 11 is 6.15. The first-order valence-electron chi connectivity index (χ1n) is 9.72. The zero-order chi connectivity index (χ0) is 19.5. The number of benzene rings is 2. The van der Waals surface area contributed by atoms with Crippen molar-refractivity contribution >= 4 is 23.2 Å². The van der Waals surface area contributed by atoms with E-state index < -0.39 is 0 Å². The van der Waals surface area contributed by atoms with Gasteiger partial charge in [-0.25, -0.2) is 0 Å². The molecule has 0 aliphatic carbocycles. The van der Waals surface area contributed by atoms with Gasteiger partial charge in [-0.15, -0.1) is 0 Å². The predicted molar refractivity (Wildman–Crippen MR) is 107 cm³/mol. The number of hydrogen-bond donors (Lipinski definition) is 3. The van der Waals surface area contributed by atoms with Gasteiger partial charge in [0.15, 0.2) is 17.5 Å². The second-order valence-electron chi connectivity index (χ2n) is 7.46. The van der Waals surface area contributed by atoms with Gasteiger partial charge in [-0.2, -0.15) is 0 Å². The Kier molecular flexibility index (Phi) is 5.71. The maximum absolute atomic E-state index is 12.6. The standard InChI is InChI=1S/C21H24ClN3O3/c1-15(21(26)23-18-5-3-2-4-17(18)22)25-10-8-24(9-11-25)13-16-6-7-19-20(12-16)28-14-27-19/h2-7,12,15H,8-11,13-14H2,1H3,(H,23,26)/p+2/t15-/m0/s1. The maximum Gasteiger partial charge on any atom is 0.282 e. The average molecular weight is 404 g/mol. The fourth-order valence-corrected chi connectivity index (χ4v) is 4.05. The van der Waals surface area contributed by atoms with Crippen molar-refractivity contribution in [1.29, 1.82) is 0 Å². The highest BCUT2D eigenvalue weighted by Crippen LogP contribution is 2.32. The van der Waals surface area contributed by atoms with E-state index >= 15 is 0 Å². The number of amides is 1. The first-order valence-corrected chi connectivity index (χ1v) is 10.1. The molecule has 2 aliphatic rings. The highest BCUT2D eigenvalue weighted by molar-refractivity contribution is 6.33. The molecule has 28 heavy (non-hydrogen) atoms. The number of fused-ring (bicyclic) bond motifs is 1. The van der Waals surface area contributed by atoms with Crippen LogP contribution in [0.3, 0.4) is 0 Å². The molecule has 4 rings (SSSR count). The molecule has 1 atom stereocenters. The van der Waals surface area contributed by atoms with Crippen LogP contribution in [0.15, 0.2) is 42.5 Å². The Balaban J connectivity index is 1.28. The first kappa shape index (κ1) is 19.1. The van der Waals surface area contributed by atoms with E-state index in [1.807, 2.05) is 31.2 Å². The van der Waals surface area contributed by atoms with Crippen molar-refractivity contribution in [3.05, 3.63) is 53.1 Å². The van der Waals surface area contributed by atoms with Crippen LogP contribution in [0.2, 0.25) is 5.02 Å². The van der Waals surface area contributed by atoms with Gasteiger partial charge in [0.25, 0.3) is 5.91 Å². The van der Waals surface area contributed by atoms with Gasteiger partial charge in [0, 0.05) is 5.56 Å². The summed E-state index contributed by atoms with van der Waals surface area (Å²) in [5.74, 6) is 1.68. The summed E-state index contributed by atoms with van der Waals surface area (Å²) in [6.45, 7) is 7.27. The molecular formula is C21H26ClN3O3+2. The Labute approximate surface area is 170 Å². The number of anilines is 1. The van der Waals surface area contributed by atoms with Gasteiger partial charge in [0.2, 0.25) is 6.79 Å². The van der Waals surface area contributed by atoms with E-state index in [-0.39, 0.29) is 11.9 Å². The molecule has 2 heterocycles. The van der Waals surface area contributed by atoms with Crippen molar-refractivity contribution < 1.29 is 24.1 Å². The average Bonchev–Trinajstić information content (AvgIpc) is 3.17. The molecule has 0 unspecified atom stereocenters. The lowest BCUT2D eigenvalue weighted by molar-refractivity contribution is -1.02. The van der Waals surface area contributed by atoms with E-state index in [2.05, 4.69) is 17.4 Å². The van der Waals surface area contributed by atoms with Gasteiger partial charge in [-0.3, -0.25) is 4.79 Å². The molecule has 2 aromatic carbocycles. The van der Waals surface area contributed by atoms with E-state index in [0.29, 0.717) is 17.5 Å². The van der Waals surface area contributed by atoms with Crippen LogP contribution in [-0.4, -0.2) is 44.9 Å². The van der Waals surface area contributed by atoms with Crippen LogP contribution in [0, 0.1) is 0 Å². The van der Waals surface area contributed by atoms with Crippen LogP contribution in [0.4, 0.5) is 5.69 Å². The Morgan fingerprint density at radius 1 is 1.11 bits per heavy atom. The number of piperazine rings is 1. The molecule has 6 nitrogen and oxygen atoms in total. The minimum absolute atomic E-state index is 0.0160. The first-order chi connectivity index (χ1) is 13.6. The van der Waals surface area contributed by atoms with E-state index in [4.69, 9.17) is 21.1 Å². The lowest BCUT2D eigenvalue weighted by Gasteiger charge is -2.32. The van der Waals surface area contributed by atoms with Crippen LogP contribution < -0.4 is 24.6 Å². The quantitative estimate of drug-likeness (QED) is 0.676. The number of quaternary nitrogens is 2. The third-order valence-corrected chi connectivity index (χ3v) is 5.96. The summed E-state index contributed by atoms with van der Waals surface area (Å²) < 4.78 is 10.8. The summed E-state index contributed by atoms with van der Waals surface area (Å²) in [4.78, 5) is 15.5. The number of hydrogen-bond acceptors (Lipinski definition) is 3. The number of halogens is 1. The second kappa shape index (κ2) is 8.39. The molecule has 0 aromatic heterocycles. The van der Waals surface area contributed by atoms with Gasteiger partial charge in [0.05, 0.1) is 10.7 Å². The fraction of sp³-hybridized carbons (Fsp3) is 0.381. The molecule has 0 radical (unpaired) electrons. The molecule has 2 aromatic rings. The molecule has 0 saturated carbocycles. The number of ether oxygens (including phenoxy) is 2. The molecule has 7 heteroatoms. The lowest BCUT2D eigenvalue weighted by Crippen LogP contribution is -3.29. The maximum atomic E-state index is 12.6. The molecule has 1 fully saturated rings. The molecule has 0 spiro atoms. The van der Waals surface area contributed by atoms with Crippen molar-refractivity contribution in [3.63, 3.8) is 0 Å². The zero-order valence-corrected chi connectivity index (χ0v) is 16.7. The SMILES string of the molecule is C[C@@H](C(=O)Nc1ccccc1Cl)[NH+]1CC[NH+](Cc2ccc3c(c2)OCO3)CC1. The number of carbonyl (C=O) groups excluding carboxylic acids is 1. The van der Waals surface area contributed by atoms with Gasteiger partial charge in [0.1, 0.15) is 32.7 Å². The second-order valence-corrected chi connectivity index (χ2v) is 7.87. The van der Waals surface area contributed by atoms with E-state index in [0.717, 1.165) is 44.2 Å². The van der Waals surface area contributed by atoms with Crippen molar-refractivity contribution in [2.75, 3.05) is 38.3 Å². The molecule has 148 valence electrons. The van der Waals surface area contributed by atoms with E-state index in [1.165, 1.54) is 15.4 Å². The van der Waals surface area contributed by atoms with E-state index in [9.17, 15) is 4.79 Å². The number of nitrogens with one attached hydrogen (secondary N) is 3. The fourth-order valence-electron chi connectivity index (χ4n) is 3.86. The van der Waals surface area contributed by atoms with Crippen LogP contribution in [0.5, 0.6) is 11.5 Å². The topological polar surface area (TPSA) is 56.4 Å². The summed E-state index contributed by atoms with van der Waals surface area (Å²) in [5, 5.41) is 3.52. The molecule has 1 saturated heterocycles. The number of rotatable bonds is 5. The molecule has 3 N–H and O–H groups in total. The predicted octanol–water partition coefficient (Wildman–Crippen LogP) is 0.379. The van der Waals surface area contributed by atoms with Crippen molar-refractivity contribution in [2.24, 2.45) is 0 Å². The minimum Gasteiger partial charge on any atom is -0.454 e. The van der Waals surface area contributed by atoms with Gasteiger partial charge < -0.3 is 24.6 Å². The lowest BCUT2D eigenvalue weighted by atomic mass is 10.1. The Hall–Kier alpha value is -2.28. The number of carbonyl (C=O) groups is 1. The third kappa shape index (κ3) is 4.24. The van der Waals surface area contributed by atoms with E-state index in [1.54, 1.807) is 6.07 Å². The van der Waals surface area contributed by atoms with Gasteiger partial charge >= 0.3 is 0 Å². The Morgan fingerprint density at radius 2 is 1.86 bits per heavy atom. The van der Waals surface area contributed by atoms with Gasteiger partial charge in [-0.1, -0.05) is 23.7 Å². The van der Waals surface area contributed by atoms with Crippen LogP contribution in [0.25, 0.3) is 0 Å². The highest BCUT2D eigenvalue weighted by atomic mass is 35.5. The van der Waals surface area contributed by atoms with Crippen molar-refractivity contribution in [2.45, 2.75) is 19.5 Å². The monoisotopic (exact) mass is 403 g/mol. The third-order valence-electron chi connectivity index (χ3n) is 5.63. The molecule has 1 amide bonds. The smallest absolute Gasteiger partial charge is 0.282 e. The van der Waals surface area contributed by atoms with Crippen molar-refractivity contribution in [1.82, 2.24) is 0 Å². The van der Waals surface area contributed by atoms with Crippen LogP contribution in [0.1, 0.15) is 12.5 Å². The summed E-state index contributed by atoms with van der Waals surface area (Å²) in [6.07, 6.45) is 0. The largest absolute Gasteiger partial charge is 0.454 e. The highest BCUT2D eigenvalue weighted by Gasteiger charge is 2.31. The zero-order valence-electron chi connectivity index (χ0n) is 16.0. The van der Waals surface area contributed by atoms with Crippen LogP contribution >= 0.6 is 11.6 Å². The normalized spacial score (nSPS) is 21.9. The number of para-hydroxylation sites is 1.